The maximum atomic E-state index is 10.2. The van der Waals surface area contributed by atoms with Crippen LogP contribution in [0.5, 0.6) is 17.2 Å². The third-order valence-electron chi connectivity index (χ3n) is 3.99. The molecule has 0 saturated carbocycles. The van der Waals surface area contributed by atoms with E-state index in [2.05, 4.69) is 6.08 Å². The van der Waals surface area contributed by atoms with Crippen molar-refractivity contribution in [2.24, 2.45) is 0 Å². The minimum Gasteiger partial charge on any atom is -0.508 e. The summed E-state index contributed by atoms with van der Waals surface area (Å²) < 4.78 is 5.79. The molecule has 0 radical (unpaired) electrons. The number of aryl methyl sites for hydroxylation is 2. The molecule has 1 aliphatic heterocycles. The fourth-order valence-corrected chi connectivity index (χ4v) is 2.64. The van der Waals surface area contributed by atoms with Crippen LogP contribution < -0.4 is 4.74 Å². The number of aromatic hydroxyl groups is 2. The molecule has 0 atom stereocenters. The molecular formula is C19H20O3. The Morgan fingerprint density at radius 2 is 1.73 bits per heavy atom. The average Bonchev–Trinajstić information content (AvgIpc) is 2.69. The first-order chi connectivity index (χ1) is 10.6. The second-order valence-electron chi connectivity index (χ2n) is 5.80. The Bertz CT molecular complexity index is 699. The first-order valence-electron chi connectivity index (χ1n) is 7.53. The molecule has 1 heterocycles. The molecule has 2 aromatic carbocycles. The molecule has 114 valence electrons. The minimum absolute atomic E-state index is 0.280. The Morgan fingerprint density at radius 1 is 1.00 bits per heavy atom. The number of phenols is 2. The van der Waals surface area contributed by atoms with Gasteiger partial charge >= 0.3 is 0 Å². The van der Waals surface area contributed by atoms with Crippen LogP contribution in [0.15, 0.2) is 48.0 Å². The highest BCUT2D eigenvalue weighted by atomic mass is 16.5. The summed E-state index contributed by atoms with van der Waals surface area (Å²) in [5.41, 5.74) is 4.26. The van der Waals surface area contributed by atoms with E-state index in [9.17, 15) is 10.2 Å². The van der Waals surface area contributed by atoms with Crippen LogP contribution in [0.3, 0.4) is 0 Å². The molecule has 0 fully saturated rings. The topological polar surface area (TPSA) is 49.7 Å². The Balaban J connectivity index is 1.76. The van der Waals surface area contributed by atoms with Crippen molar-refractivity contribution in [3.05, 3.63) is 64.7 Å². The van der Waals surface area contributed by atoms with Crippen molar-refractivity contribution >= 4 is 0 Å². The van der Waals surface area contributed by atoms with Crippen molar-refractivity contribution in [3.8, 4) is 17.2 Å². The molecule has 0 aromatic heterocycles. The van der Waals surface area contributed by atoms with Crippen molar-refractivity contribution in [2.45, 2.75) is 26.2 Å². The highest BCUT2D eigenvalue weighted by Gasteiger charge is 2.14. The summed E-state index contributed by atoms with van der Waals surface area (Å²) in [6.07, 6.45) is 4.49. The van der Waals surface area contributed by atoms with E-state index >= 15 is 0 Å². The number of hydrogen-bond donors (Lipinski definition) is 2. The van der Waals surface area contributed by atoms with Gasteiger partial charge in [0.2, 0.25) is 0 Å². The third kappa shape index (κ3) is 3.25. The van der Waals surface area contributed by atoms with Gasteiger partial charge in [-0.15, -0.1) is 0 Å². The SMILES string of the molecule is CC1=CCc2c(O)cc(CCc3ccc(O)cc3)cc2OC1. The molecular weight excluding hydrogens is 276 g/mol. The molecule has 1 aliphatic rings. The van der Waals surface area contributed by atoms with E-state index in [1.54, 1.807) is 12.1 Å². The zero-order valence-electron chi connectivity index (χ0n) is 12.7. The van der Waals surface area contributed by atoms with Gasteiger partial charge in [-0.1, -0.05) is 18.2 Å². The smallest absolute Gasteiger partial charge is 0.127 e. The summed E-state index contributed by atoms with van der Waals surface area (Å²) in [7, 11) is 0. The van der Waals surface area contributed by atoms with Gasteiger partial charge in [-0.2, -0.15) is 0 Å². The second-order valence-corrected chi connectivity index (χ2v) is 5.80. The summed E-state index contributed by atoms with van der Waals surface area (Å²) in [4.78, 5) is 0. The highest BCUT2D eigenvalue weighted by Crippen LogP contribution is 2.33. The Kier molecular flexibility index (Phi) is 4.05. The highest BCUT2D eigenvalue weighted by molar-refractivity contribution is 5.49. The number of rotatable bonds is 3. The summed E-state index contributed by atoms with van der Waals surface area (Å²) in [5, 5.41) is 19.5. The van der Waals surface area contributed by atoms with Crippen molar-refractivity contribution in [1.82, 2.24) is 0 Å². The zero-order chi connectivity index (χ0) is 15.5. The molecule has 22 heavy (non-hydrogen) atoms. The molecule has 0 aliphatic carbocycles. The molecule has 0 bridgehead atoms. The summed E-state index contributed by atoms with van der Waals surface area (Å²) >= 11 is 0. The minimum atomic E-state index is 0.280. The van der Waals surface area contributed by atoms with Gasteiger partial charge in [0, 0.05) is 5.56 Å². The molecule has 0 amide bonds. The van der Waals surface area contributed by atoms with Gasteiger partial charge < -0.3 is 14.9 Å². The largest absolute Gasteiger partial charge is 0.508 e. The maximum Gasteiger partial charge on any atom is 0.127 e. The normalized spacial score (nSPS) is 13.8. The number of allylic oxidation sites excluding steroid dienone is 1. The van der Waals surface area contributed by atoms with Gasteiger partial charge in [0.1, 0.15) is 23.9 Å². The Labute approximate surface area is 130 Å². The van der Waals surface area contributed by atoms with E-state index in [4.69, 9.17) is 4.74 Å². The van der Waals surface area contributed by atoms with Crippen molar-refractivity contribution in [3.63, 3.8) is 0 Å². The van der Waals surface area contributed by atoms with Crippen LogP contribution >= 0.6 is 0 Å². The van der Waals surface area contributed by atoms with Crippen molar-refractivity contribution in [1.29, 1.82) is 0 Å². The predicted octanol–water partition coefficient (Wildman–Crippen LogP) is 3.76. The Hall–Kier alpha value is -2.42. The van der Waals surface area contributed by atoms with Crippen LogP contribution in [-0.4, -0.2) is 16.8 Å². The summed E-state index contributed by atoms with van der Waals surface area (Å²) in [6, 6.07) is 11.1. The van der Waals surface area contributed by atoms with E-state index in [1.807, 2.05) is 31.2 Å². The van der Waals surface area contributed by atoms with Gasteiger partial charge in [-0.25, -0.2) is 0 Å². The molecule has 3 nitrogen and oxygen atoms in total. The van der Waals surface area contributed by atoms with Gasteiger partial charge in [-0.05, 0) is 67.2 Å². The first kappa shape index (κ1) is 14.5. The van der Waals surface area contributed by atoms with E-state index in [0.717, 1.165) is 35.3 Å². The van der Waals surface area contributed by atoms with Crippen LogP contribution in [-0.2, 0) is 19.3 Å². The molecule has 0 spiro atoms. The summed E-state index contributed by atoms with van der Waals surface area (Å²) in [5.74, 6) is 1.38. The fourth-order valence-electron chi connectivity index (χ4n) is 2.64. The summed E-state index contributed by atoms with van der Waals surface area (Å²) in [6.45, 7) is 2.61. The zero-order valence-corrected chi connectivity index (χ0v) is 12.7. The van der Waals surface area contributed by atoms with Crippen LogP contribution in [0.1, 0.15) is 23.6 Å². The van der Waals surface area contributed by atoms with Crippen LogP contribution in [0.4, 0.5) is 0 Å². The average molecular weight is 296 g/mol. The van der Waals surface area contributed by atoms with Crippen molar-refractivity contribution < 1.29 is 14.9 Å². The lowest BCUT2D eigenvalue weighted by Crippen LogP contribution is -1.99. The van der Waals surface area contributed by atoms with Crippen LogP contribution in [0.25, 0.3) is 0 Å². The number of benzene rings is 2. The number of fused-ring (bicyclic) bond motifs is 1. The number of phenolic OH excluding ortho intramolecular Hbond substituents is 2. The third-order valence-corrected chi connectivity index (χ3v) is 3.99. The Morgan fingerprint density at radius 3 is 2.50 bits per heavy atom. The van der Waals surface area contributed by atoms with Crippen LogP contribution in [0, 0.1) is 0 Å². The van der Waals surface area contributed by atoms with E-state index in [1.165, 1.54) is 5.57 Å². The fraction of sp³-hybridized carbons (Fsp3) is 0.263. The van der Waals surface area contributed by atoms with Crippen molar-refractivity contribution in [2.75, 3.05) is 6.61 Å². The first-order valence-corrected chi connectivity index (χ1v) is 7.53. The van der Waals surface area contributed by atoms with Gasteiger partial charge in [0.05, 0.1) is 0 Å². The number of hydrogen-bond acceptors (Lipinski definition) is 3. The predicted molar refractivity (Wildman–Crippen MR) is 86.6 cm³/mol. The molecule has 2 N–H and O–H groups in total. The lowest BCUT2D eigenvalue weighted by Gasteiger charge is -2.12. The standard InChI is InChI=1S/C19H20O3/c1-13-2-9-17-18(21)10-15(11-19(17)22-12-13)4-3-14-5-7-16(20)8-6-14/h2,5-8,10-11,20-21H,3-4,9,12H2,1H3. The van der Waals surface area contributed by atoms with Crippen LogP contribution in [0.2, 0.25) is 0 Å². The molecule has 0 unspecified atom stereocenters. The second kappa shape index (κ2) is 6.14. The van der Waals surface area contributed by atoms with Gasteiger partial charge in [-0.3, -0.25) is 0 Å². The maximum absolute atomic E-state index is 10.2. The molecule has 0 saturated heterocycles. The lowest BCUT2D eigenvalue weighted by atomic mass is 10.0. The van der Waals surface area contributed by atoms with E-state index in [-0.39, 0.29) is 5.75 Å². The van der Waals surface area contributed by atoms with Gasteiger partial charge in [0.15, 0.2) is 0 Å². The molecule has 3 rings (SSSR count). The monoisotopic (exact) mass is 296 g/mol. The molecule has 2 aromatic rings. The lowest BCUT2D eigenvalue weighted by molar-refractivity contribution is 0.348. The molecule has 3 heteroatoms. The number of ether oxygens (including phenoxy) is 1. The van der Waals surface area contributed by atoms with E-state index in [0.29, 0.717) is 18.8 Å². The van der Waals surface area contributed by atoms with Gasteiger partial charge in [0.25, 0.3) is 0 Å². The quantitative estimate of drug-likeness (QED) is 0.848. The van der Waals surface area contributed by atoms with E-state index < -0.39 is 0 Å².